The van der Waals surface area contributed by atoms with E-state index in [-0.39, 0.29) is 5.41 Å². The number of para-hydroxylation sites is 1. The quantitative estimate of drug-likeness (QED) is 0.244. The van der Waals surface area contributed by atoms with Crippen molar-refractivity contribution in [2.75, 3.05) is 5.32 Å². The van der Waals surface area contributed by atoms with Crippen LogP contribution in [0.5, 0.6) is 0 Å². The zero-order valence-corrected chi connectivity index (χ0v) is 23.4. The van der Waals surface area contributed by atoms with Crippen LogP contribution in [0.15, 0.2) is 121 Å². The summed E-state index contributed by atoms with van der Waals surface area (Å²) in [5.41, 5.74) is 13.9. The lowest BCUT2D eigenvalue weighted by Gasteiger charge is -2.61. The molecule has 1 N–H and O–H groups in total. The molecule has 4 bridgehead atoms. The van der Waals surface area contributed by atoms with Crippen molar-refractivity contribution in [3.8, 4) is 33.4 Å². The highest BCUT2D eigenvalue weighted by Crippen LogP contribution is 2.69. The molecule has 5 aliphatic rings. The number of hydrogen-bond acceptors (Lipinski definition) is 1. The van der Waals surface area contributed by atoms with Crippen LogP contribution in [0.4, 0.5) is 11.4 Å². The van der Waals surface area contributed by atoms with Gasteiger partial charge in [-0.1, -0.05) is 91.0 Å². The Kier molecular flexibility index (Phi) is 5.15. The highest BCUT2D eigenvalue weighted by molar-refractivity contribution is 5.85. The van der Waals surface area contributed by atoms with E-state index in [0.29, 0.717) is 0 Å². The topological polar surface area (TPSA) is 12.0 Å². The van der Waals surface area contributed by atoms with Crippen molar-refractivity contribution < 1.29 is 0 Å². The summed E-state index contributed by atoms with van der Waals surface area (Å²) >= 11 is 0. The first-order chi connectivity index (χ1) is 20.3. The van der Waals surface area contributed by atoms with E-state index < -0.39 is 0 Å². The van der Waals surface area contributed by atoms with Crippen molar-refractivity contribution in [3.63, 3.8) is 0 Å². The summed E-state index contributed by atoms with van der Waals surface area (Å²) in [6.07, 6.45) is 7.22. The van der Waals surface area contributed by atoms with E-state index in [4.69, 9.17) is 0 Å². The van der Waals surface area contributed by atoms with Gasteiger partial charge in [-0.05, 0) is 131 Å². The molecule has 1 heteroatoms. The summed E-state index contributed by atoms with van der Waals surface area (Å²) in [5, 5.41) is 3.48. The minimum Gasteiger partial charge on any atom is -0.356 e. The maximum Gasteiger partial charge on any atom is 0.0384 e. The van der Waals surface area contributed by atoms with Gasteiger partial charge in [-0.25, -0.2) is 0 Å². The number of fused-ring (bicyclic) bond motifs is 3. The molecule has 0 saturated heterocycles. The fraction of sp³-hybridized carbons (Fsp3) is 0.250. The van der Waals surface area contributed by atoms with E-state index in [1.165, 1.54) is 65.5 Å². The number of nitrogens with one attached hydrogen (secondary N) is 1. The molecule has 5 aromatic rings. The number of benzene rings is 5. The van der Waals surface area contributed by atoms with Gasteiger partial charge < -0.3 is 5.32 Å². The Balaban J connectivity index is 1.05. The lowest BCUT2D eigenvalue weighted by Crippen LogP contribution is -2.55. The van der Waals surface area contributed by atoms with Crippen molar-refractivity contribution >= 4 is 11.4 Å². The van der Waals surface area contributed by atoms with Gasteiger partial charge in [0.25, 0.3) is 0 Å². The first-order valence-electron chi connectivity index (χ1n) is 15.5. The number of rotatable bonds is 4. The van der Waals surface area contributed by atoms with Gasteiger partial charge in [0, 0.05) is 16.8 Å². The molecule has 0 amide bonds. The molecule has 1 spiro atoms. The van der Waals surface area contributed by atoms with Crippen LogP contribution in [0, 0.1) is 23.7 Å². The SMILES string of the molecule is c1ccc(Nc2ccc(-c3ccc(-c4ccc5c(c4)C4(c6ccccc6-5)C5CC6CC(C5)CC4C6)cc3)cc2)cc1. The van der Waals surface area contributed by atoms with E-state index >= 15 is 0 Å². The minimum absolute atomic E-state index is 0.227. The molecule has 5 aromatic carbocycles. The van der Waals surface area contributed by atoms with Gasteiger partial charge >= 0.3 is 0 Å². The van der Waals surface area contributed by atoms with Crippen LogP contribution < -0.4 is 5.32 Å². The lowest BCUT2D eigenvalue weighted by molar-refractivity contribution is -0.0399. The summed E-state index contributed by atoms with van der Waals surface area (Å²) in [7, 11) is 0. The van der Waals surface area contributed by atoms with Crippen LogP contribution >= 0.6 is 0 Å². The van der Waals surface area contributed by atoms with Crippen molar-refractivity contribution in [3.05, 3.63) is 132 Å². The Hall–Kier alpha value is -4.10. The monoisotopic (exact) mass is 529 g/mol. The molecule has 1 nitrogen and oxygen atoms in total. The second kappa shape index (κ2) is 8.95. The molecule has 10 rings (SSSR count). The maximum atomic E-state index is 3.48. The second-order valence-corrected chi connectivity index (χ2v) is 13.1. The van der Waals surface area contributed by atoms with Crippen LogP contribution in [0.2, 0.25) is 0 Å². The number of anilines is 2. The third kappa shape index (κ3) is 3.54. The second-order valence-electron chi connectivity index (χ2n) is 13.1. The van der Waals surface area contributed by atoms with Crippen molar-refractivity contribution in [2.45, 2.75) is 37.5 Å². The molecule has 0 aromatic heterocycles. The fourth-order valence-electron chi connectivity index (χ4n) is 9.62. The van der Waals surface area contributed by atoms with Gasteiger partial charge in [0.15, 0.2) is 0 Å². The normalized spacial score (nSPS) is 26.6. The van der Waals surface area contributed by atoms with Crippen LogP contribution in [0.1, 0.15) is 43.2 Å². The third-order valence-corrected chi connectivity index (χ3v) is 11.1. The predicted molar refractivity (Wildman–Crippen MR) is 170 cm³/mol. The molecular formula is C40H35N. The Morgan fingerprint density at radius 2 is 0.951 bits per heavy atom. The smallest absolute Gasteiger partial charge is 0.0384 e. The molecule has 0 atom stereocenters. The zero-order valence-electron chi connectivity index (χ0n) is 23.4. The third-order valence-electron chi connectivity index (χ3n) is 11.1. The van der Waals surface area contributed by atoms with Gasteiger partial charge in [-0.2, -0.15) is 0 Å². The van der Waals surface area contributed by atoms with Crippen LogP contribution in [-0.4, -0.2) is 0 Å². The molecular weight excluding hydrogens is 494 g/mol. The number of hydrogen-bond donors (Lipinski definition) is 1. The average Bonchev–Trinajstić information content (AvgIpc) is 3.31. The summed E-state index contributed by atoms with van der Waals surface area (Å²) in [6, 6.07) is 45.1. The Labute approximate surface area is 243 Å². The molecule has 0 heterocycles. The molecule has 200 valence electrons. The zero-order chi connectivity index (χ0) is 27.0. The van der Waals surface area contributed by atoms with Crippen molar-refractivity contribution in [1.82, 2.24) is 0 Å². The largest absolute Gasteiger partial charge is 0.356 e. The van der Waals surface area contributed by atoms with Crippen LogP contribution in [0.3, 0.4) is 0 Å². The van der Waals surface area contributed by atoms with Crippen LogP contribution in [0.25, 0.3) is 33.4 Å². The maximum absolute atomic E-state index is 3.48. The average molecular weight is 530 g/mol. The Morgan fingerprint density at radius 3 is 1.63 bits per heavy atom. The summed E-state index contributed by atoms with van der Waals surface area (Å²) in [4.78, 5) is 0. The van der Waals surface area contributed by atoms with E-state index in [0.717, 1.165) is 35.0 Å². The minimum atomic E-state index is 0.227. The first kappa shape index (κ1) is 23.6. The first-order valence-corrected chi connectivity index (χ1v) is 15.5. The highest BCUT2D eigenvalue weighted by Gasteiger charge is 2.61. The van der Waals surface area contributed by atoms with Gasteiger partial charge in [0.2, 0.25) is 0 Å². The van der Waals surface area contributed by atoms with Gasteiger partial charge in [-0.3, -0.25) is 0 Å². The molecule has 41 heavy (non-hydrogen) atoms. The van der Waals surface area contributed by atoms with Crippen LogP contribution in [-0.2, 0) is 5.41 Å². The molecule has 4 saturated carbocycles. The van der Waals surface area contributed by atoms with E-state index in [1.807, 2.05) is 6.07 Å². The van der Waals surface area contributed by atoms with E-state index in [2.05, 4.69) is 121 Å². The van der Waals surface area contributed by atoms with Crippen molar-refractivity contribution in [2.24, 2.45) is 23.7 Å². The highest BCUT2D eigenvalue weighted by atomic mass is 14.9. The summed E-state index contributed by atoms with van der Waals surface area (Å²) in [5.74, 6) is 3.55. The van der Waals surface area contributed by atoms with Gasteiger partial charge in [-0.15, -0.1) is 0 Å². The Morgan fingerprint density at radius 1 is 0.439 bits per heavy atom. The summed E-state index contributed by atoms with van der Waals surface area (Å²) in [6.45, 7) is 0. The van der Waals surface area contributed by atoms with Crippen molar-refractivity contribution in [1.29, 1.82) is 0 Å². The predicted octanol–water partition coefficient (Wildman–Crippen LogP) is 10.5. The standard InChI is InChI=1S/C40H35N/c1-2-6-34(7-3-1)41-35-17-14-29(15-18-35)28-10-12-30(13-11-28)31-16-19-37-36-8-4-5-9-38(36)40(39(37)25-31)32-21-26-20-27(23-32)24-33(40)22-26/h1-19,25-27,32-33,41H,20-24H2. The molecule has 5 aliphatic carbocycles. The molecule has 0 radical (unpaired) electrons. The molecule has 0 aliphatic heterocycles. The van der Waals surface area contributed by atoms with Gasteiger partial charge in [0.1, 0.15) is 0 Å². The van der Waals surface area contributed by atoms with E-state index in [9.17, 15) is 0 Å². The fourth-order valence-corrected chi connectivity index (χ4v) is 9.62. The summed E-state index contributed by atoms with van der Waals surface area (Å²) < 4.78 is 0. The Bertz CT molecular complexity index is 1720. The van der Waals surface area contributed by atoms with E-state index in [1.54, 1.807) is 11.1 Å². The van der Waals surface area contributed by atoms with Gasteiger partial charge in [0.05, 0.1) is 0 Å². The molecule has 0 unspecified atom stereocenters. The lowest BCUT2D eigenvalue weighted by atomic mass is 9.43. The molecule has 4 fully saturated rings.